The van der Waals surface area contributed by atoms with Gasteiger partial charge in [0, 0.05) is 0 Å². The molecule has 2 heterocycles. The van der Waals surface area contributed by atoms with E-state index in [-0.39, 0.29) is 11.1 Å². The molecule has 2 aliphatic heterocycles. The first-order chi connectivity index (χ1) is 10.4. The Morgan fingerprint density at radius 3 is 2.45 bits per heavy atom. The van der Waals surface area contributed by atoms with Crippen LogP contribution in [0.2, 0.25) is 0 Å². The molecular formula is C15H16N2O5. The molecule has 7 nitrogen and oxygen atoms in total. The molecule has 3 rings (SSSR count). The lowest BCUT2D eigenvalue weighted by Crippen LogP contribution is -2.39. The van der Waals surface area contributed by atoms with Crippen LogP contribution in [0.25, 0.3) is 0 Å². The van der Waals surface area contributed by atoms with Gasteiger partial charge >= 0.3 is 5.97 Å². The molecule has 22 heavy (non-hydrogen) atoms. The van der Waals surface area contributed by atoms with Crippen molar-refractivity contribution in [1.82, 2.24) is 10.2 Å². The van der Waals surface area contributed by atoms with E-state index in [9.17, 15) is 19.5 Å². The molecule has 0 aliphatic carbocycles. The van der Waals surface area contributed by atoms with Crippen molar-refractivity contribution >= 4 is 17.8 Å². The van der Waals surface area contributed by atoms with Gasteiger partial charge in [-0.25, -0.2) is 0 Å². The van der Waals surface area contributed by atoms with Crippen molar-refractivity contribution in [2.45, 2.75) is 18.4 Å². The fraction of sp³-hybridized carbons (Fsp3) is 0.400. The summed E-state index contributed by atoms with van der Waals surface area (Å²) in [5.74, 6) is -2.47. The Bertz CT molecular complexity index is 664. The molecule has 0 aromatic heterocycles. The predicted molar refractivity (Wildman–Crippen MR) is 75.4 cm³/mol. The topological polar surface area (TPSA) is 107 Å². The van der Waals surface area contributed by atoms with Crippen molar-refractivity contribution in [3.8, 4) is 0 Å². The number of imide groups is 1. The Morgan fingerprint density at radius 2 is 1.82 bits per heavy atom. The SMILES string of the molecule is O=C(O)CN1C(=O)c2ccc(C3(O)CCNCC3)cc2C1=O. The van der Waals surface area contributed by atoms with Gasteiger partial charge in [-0.15, -0.1) is 0 Å². The molecule has 0 spiro atoms. The van der Waals surface area contributed by atoms with Crippen LogP contribution in [0.15, 0.2) is 18.2 Å². The molecule has 1 saturated heterocycles. The average molecular weight is 304 g/mol. The number of hydrogen-bond donors (Lipinski definition) is 3. The van der Waals surface area contributed by atoms with Gasteiger partial charge in [-0.1, -0.05) is 6.07 Å². The fourth-order valence-corrected chi connectivity index (χ4v) is 2.99. The predicted octanol–water partition coefficient (Wildman–Crippen LogP) is -0.0618. The van der Waals surface area contributed by atoms with Gasteiger partial charge in [0.2, 0.25) is 0 Å². The molecule has 7 heteroatoms. The zero-order valence-corrected chi connectivity index (χ0v) is 11.8. The first-order valence-corrected chi connectivity index (χ1v) is 7.08. The van der Waals surface area contributed by atoms with Crippen LogP contribution in [-0.4, -0.2) is 52.5 Å². The summed E-state index contributed by atoms with van der Waals surface area (Å²) in [5.41, 5.74) is -0.0848. The number of carboxylic acid groups (broad SMARTS) is 1. The minimum Gasteiger partial charge on any atom is -0.480 e. The molecule has 3 N–H and O–H groups in total. The third kappa shape index (κ3) is 2.28. The number of nitrogens with one attached hydrogen (secondary N) is 1. The van der Waals surface area contributed by atoms with Gasteiger partial charge in [0.05, 0.1) is 16.7 Å². The monoisotopic (exact) mass is 304 g/mol. The van der Waals surface area contributed by atoms with E-state index in [0.29, 0.717) is 36.4 Å². The quantitative estimate of drug-likeness (QED) is 0.675. The summed E-state index contributed by atoms with van der Waals surface area (Å²) in [6, 6.07) is 4.65. The summed E-state index contributed by atoms with van der Waals surface area (Å²) < 4.78 is 0. The summed E-state index contributed by atoms with van der Waals surface area (Å²) in [7, 11) is 0. The van der Waals surface area contributed by atoms with E-state index >= 15 is 0 Å². The number of carbonyl (C=O) groups excluding carboxylic acids is 2. The lowest BCUT2D eigenvalue weighted by molar-refractivity contribution is -0.137. The minimum atomic E-state index is -1.24. The van der Waals surface area contributed by atoms with E-state index in [4.69, 9.17) is 5.11 Å². The first kappa shape index (κ1) is 14.7. The largest absolute Gasteiger partial charge is 0.480 e. The van der Waals surface area contributed by atoms with Gasteiger partial charge in [0.25, 0.3) is 11.8 Å². The van der Waals surface area contributed by atoms with Crippen molar-refractivity contribution in [2.75, 3.05) is 19.6 Å². The molecule has 1 fully saturated rings. The average Bonchev–Trinajstić information content (AvgIpc) is 2.72. The number of amides is 2. The number of hydrogen-bond acceptors (Lipinski definition) is 5. The number of fused-ring (bicyclic) bond motifs is 1. The molecule has 0 bridgehead atoms. The third-order valence-corrected chi connectivity index (χ3v) is 4.23. The number of piperidine rings is 1. The molecule has 0 saturated carbocycles. The van der Waals surface area contributed by atoms with E-state index in [1.54, 1.807) is 6.07 Å². The molecule has 0 atom stereocenters. The Balaban J connectivity index is 1.96. The highest BCUT2D eigenvalue weighted by Crippen LogP contribution is 2.33. The first-order valence-electron chi connectivity index (χ1n) is 7.08. The third-order valence-electron chi connectivity index (χ3n) is 4.23. The zero-order valence-electron chi connectivity index (χ0n) is 11.8. The van der Waals surface area contributed by atoms with Gasteiger partial charge in [0.1, 0.15) is 6.54 Å². The van der Waals surface area contributed by atoms with Crippen molar-refractivity contribution in [1.29, 1.82) is 0 Å². The molecule has 116 valence electrons. The summed E-state index contributed by atoms with van der Waals surface area (Å²) in [4.78, 5) is 35.8. The molecule has 1 aromatic carbocycles. The van der Waals surface area contributed by atoms with E-state index in [0.717, 1.165) is 0 Å². The number of nitrogens with zero attached hydrogens (tertiary/aromatic N) is 1. The minimum absolute atomic E-state index is 0.163. The second-order valence-electron chi connectivity index (χ2n) is 5.63. The number of rotatable bonds is 3. The van der Waals surface area contributed by atoms with Gasteiger partial charge in [-0.05, 0) is 43.6 Å². The summed E-state index contributed by atoms with van der Waals surface area (Å²) in [6.07, 6.45) is 1.04. The van der Waals surface area contributed by atoms with Gasteiger partial charge in [-0.2, -0.15) is 0 Å². The molecule has 0 unspecified atom stereocenters. The molecule has 1 aromatic rings. The maximum Gasteiger partial charge on any atom is 0.323 e. The number of carbonyl (C=O) groups is 3. The molecule has 0 radical (unpaired) electrons. The Morgan fingerprint density at radius 1 is 1.18 bits per heavy atom. The highest BCUT2D eigenvalue weighted by atomic mass is 16.4. The van der Waals surface area contributed by atoms with Gasteiger partial charge < -0.3 is 15.5 Å². The molecular weight excluding hydrogens is 288 g/mol. The highest BCUT2D eigenvalue weighted by Gasteiger charge is 2.39. The van der Waals surface area contributed by atoms with Crippen LogP contribution >= 0.6 is 0 Å². The van der Waals surface area contributed by atoms with E-state index in [1.807, 2.05) is 0 Å². The van der Waals surface area contributed by atoms with Crippen LogP contribution in [0.1, 0.15) is 39.1 Å². The van der Waals surface area contributed by atoms with Crippen LogP contribution in [-0.2, 0) is 10.4 Å². The van der Waals surface area contributed by atoms with Gasteiger partial charge in [0.15, 0.2) is 0 Å². The van der Waals surface area contributed by atoms with Crippen molar-refractivity contribution in [2.24, 2.45) is 0 Å². The zero-order chi connectivity index (χ0) is 15.9. The fourth-order valence-electron chi connectivity index (χ4n) is 2.99. The number of carboxylic acids is 1. The second kappa shape index (κ2) is 5.19. The Hall–Kier alpha value is -2.25. The van der Waals surface area contributed by atoms with Crippen LogP contribution in [0, 0.1) is 0 Å². The van der Waals surface area contributed by atoms with Gasteiger partial charge in [-0.3, -0.25) is 19.3 Å². The van der Waals surface area contributed by atoms with Crippen molar-refractivity contribution in [3.05, 3.63) is 34.9 Å². The molecule has 2 amide bonds. The normalized spacial score (nSPS) is 20.1. The van der Waals surface area contributed by atoms with E-state index in [2.05, 4.69) is 5.32 Å². The summed E-state index contributed by atoms with van der Waals surface area (Å²) in [6.45, 7) is 0.688. The second-order valence-corrected chi connectivity index (χ2v) is 5.63. The van der Waals surface area contributed by atoms with Crippen LogP contribution < -0.4 is 5.32 Å². The Labute approximate surface area is 126 Å². The van der Waals surface area contributed by atoms with Crippen molar-refractivity contribution < 1.29 is 24.6 Å². The Kier molecular flexibility index (Phi) is 3.46. The maximum absolute atomic E-state index is 12.2. The van der Waals surface area contributed by atoms with Crippen LogP contribution in [0.5, 0.6) is 0 Å². The smallest absolute Gasteiger partial charge is 0.323 e. The summed E-state index contributed by atoms with van der Waals surface area (Å²) >= 11 is 0. The number of benzene rings is 1. The number of aliphatic carboxylic acids is 1. The van der Waals surface area contributed by atoms with E-state index < -0.39 is 29.9 Å². The standard InChI is InChI=1S/C15H16N2O5/c18-12(19)8-17-13(20)10-2-1-9(7-11(10)14(17)21)15(22)3-5-16-6-4-15/h1-2,7,16,22H,3-6,8H2,(H,18,19). The maximum atomic E-state index is 12.2. The van der Waals surface area contributed by atoms with Crippen LogP contribution in [0.3, 0.4) is 0 Å². The molecule has 2 aliphatic rings. The summed E-state index contributed by atoms with van der Waals surface area (Å²) in [5, 5.41) is 22.6. The lowest BCUT2D eigenvalue weighted by Gasteiger charge is -2.33. The lowest BCUT2D eigenvalue weighted by atomic mass is 9.84. The van der Waals surface area contributed by atoms with Crippen molar-refractivity contribution in [3.63, 3.8) is 0 Å². The number of aliphatic hydroxyl groups is 1. The van der Waals surface area contributed by atoms with Crippen LogP contribution in [0.4, 0.5) is 0 Å². The van der Waals surface area contributed by atoms with E-state index in [1.165, 1.54) is 12.1 Å². The highest BCUT2D eigenvalue weighted by molar-refractivity contribution is 6.22.